The van der Waals surface area contributed by atoms with Crippen LogP contribution in [0.1, 0.15) is 21.5 Å². The molecule has 0 unspecified atom stereocenters. The lowest BCUT2D eigenvalue weighted by atomic mass is 10.00. The molecule has 1 N–H and O–H groups in total. The highest BCUT2D eigenvalue weighted by Crippen LogP contribution is 2.26. The number of halogens is 2. The molecule has 3 rings (SSSR count). The SMILES string of the molecule is O=C1Cc2cc(C(=O)c3cccc(Br)c3F)ccc2N1. The highest BCUT2D eigenvalue weighted by atomic mass is 79.9. The van der Waals surface area contributed by atoms with E-state index in [-0.39, 0.29) is 22.4 Å². The molecule has 100 valence electrons. The van der Waals surface area contributed by atoms with Crippen LogP contribution in [0.3, 0.4) is 0 Å². The minimum Gasteiger partial charge on any atom is -0.326 e. The highest BCUT2D eigenvalue weighted by molar-refractivity contribution is 9.10. The molecule has 0 bridgehead atoms. The van der Waals surface area contributed by atoms with Crippen LogP contribution in [0.15, 0.2) is 40.9 Å². The van der Waals surface area contributed by atoms with Gasteiger partial charge in [0.2, 0.25) is 5.91 Å². The van der Waals surface area contributed by atoms with Crippen LogP contribution in [-0.2, 0) is 11.2 Å². The van der Waals surface area contributed by atoms with E-state index in [4.69, 9.17) is 0 Å². The van der Waals surface area contributed by atoms with Gasteiger partial charge in [0.15, 0.2) is 5.78 Å². The van der Waals surface area contributed by atoms with Crippen LogP contribution in [0.2, 0.25) is 0 Å². The van der Waals surface area contributed by atoms with E-state index in [0.717, 1.165) is 5.56 Å². The van der Waals surface area contributed by atoms with Crippen molar-refractivity contribution in [1.82, 2.24) is 0 Å². The van der Waals surface area contributed by atoms with E-state index in [1.54, 1.807) is 24.3 Å². The Morgan fingerprint density at radius 1 is 1.25 bits per heavy atom. The number of rotatable bonds is 2. The fourth-order valence-electron chi connectivity index (χ4n) is 2.21. The summed E-state index contributed by atoms with van der Waals surface area (Å²) in [6, 6.07) is 9.49. The average Bonchev–Trinajstić information content (AvgIpc) is 2.80. The zero-order valence-corrected chi connectivity index (χ0v) is 11.8. The first-order chi connectivity index (χ1) is 9.56. The van der Waals surface area contributed by atoms with Crippen LogP contribution in [0, 0.1) is 5.82 Å². The van der Waals surface area contributed by atoms with Gasteiger partial charge in [0.1, 0.15) is 5.82 Å². The summed E-state index contributed by atoms with van der Waals surface area (Å²) in [5.74, 6) is -1.07. The van der Waals surface area contributed by atoms with Crippen molar-refractivity contribution in [2.45, 2.75) is 6.42 Å². The Hall–Kier alpha value is -2.01. The van der Waals surface area contributed by atoms with Gasteiger partial charge in [-0.15, -0.1) is 0 Å². The van der Waals surface area contributed by atoms with Crippen molar-refractivity contribution < 1.29 is 14.0 Å². The van der Waals surface area contributed by atoms with E-state index in [2.05, 4.69) is 21.2 Å². The van der Waals surface area contributed by atoms with Crippen LogP contribution in [-0.4, -0.2) is 11.7 Å². The molecule has 2 aromatic rings. The Balaban J connectivity index is 2.02. The molecule has 3 nitrogen and oxygen atoms in total. The van der Waals surface area contributed by atoms with E-state index in [9.17, 15) is 14.0 Å². The molecule has 2 aromatic carbocycles. The maximum atomic E-state index is 13.9. The first-order valence-electron chi connectivity index (χ1n) is 5.98. The molecule has 0 atom stereocenters. The van der Waals surface area contributed by atoms with Crippen molar-refractivity contribution in [3.8, 4) is 0 Å². The van der Waals surface area contributed by atoms with Crippen LogP contribution in [0.5, 0.6) is 0 Å². The number of nitrogens with one attached hydrogen (secondary N) is 1. The number of fused-ring (bicyclic) bond motifs is 1. The standard InChI is InChI=1S/C15H9BrFNO2/c16-11-3-1-2-10(14(11)17)15(20)8-4-5-12-9(6-8)7-13(19)18-12/h1-6H,7H2,(H,18,19). The highest BCUT2D eigenvalue weighted by Gasteiger charge is 2.21. The van der Waals surface area contributed by atoms with Crippen molar-refractivity contribution in [3.05, 3.63) is 63.4 Å². The molecule has 1 amide bonds. The molecule has 1 heterocycles. The van der Waals surface area contributed by atoms with Gasteiger partial charge in [-0.25, -0.2) is 4.39 Å². The zero-order valence-electron chi connectivity index (χ0n) is 10.2. The van der Waals surface area contributed by atoms with Crippen molar-refractivity contribution >= 4 is 33.3 Å². The van der Waals surface area contributed by atoms with Gasteiger partial charge in [-0.3, -0.25) is 9.59 Å². The molecule has 0 aliphatic carbocycles. The summed E-state index contributed by atoms with van der Waals surface area (Å²) < 4.78 is 14.2. The summed E-state index contributed by atoms with van der Waals surface area (Å²) in [5, 5.41) is 2.69. The Bertz CT molecular complexity index is 743. The lowest BCUT2D eigenvalue weighted by Crippen LogP contribution is -2.05. The fourth-order valence-corrected chi connectivity index (χ4v) is 2.57. The lowest BCUT2D eigenvalue weighted by molar-refractivity contribution is -0.115. The van der Waals surface area contributed by atoms with E-state index in [1.165, 1.54) is 12.1 Å². The summed E-state index contributed by atoms with van der Waals surface area (Å²) >= 11 is 3.06. The van der Waals surface area contributed by atoms with Gasteiger partial charge in [0, 0.05) is 11.3 Å². The second-order valence-electron chi connectivity index (χ2n) is 4.53. The third-order valence-corrected chi connectivity index (χ3v) is 3.80. The Morgan fingerprint density at radius 2 is 2.05 bits per heavy atom. The van der Waals surface area contributed by atoms with Crippen LogP contribution >= 0.6 is 15.9 Å². The van der Waals surface area contributed by atoms with E-state index in [1.807, 2.05) is 0 Å². The van der Waals surface area contributed by atoms with Crippen molar-refractivity contribution in [3.63, 3.8) is 0 Å². The monoisotopic (exact) mass is 333 g/mol. The first kappa shape index (κ1) is 13.0. The molecule has 0 fully saturated rings. The molecule has 20 heavy (non-hydrogen) atoms. The largest absolute Gasteiger partial charge is 0.326 e. The molecule has 0 saturated carbocycles. The van der Waals surface area contributed by atoms with Crippen LogP contribution < -0.4 is 5.32 Å². The zero-order chi connectivity index (χ0) is 14.3. The molecule has 5 heteroatoms. The third kappa shape index (κ3) is 2.14. The first-order valence-corrected chi connectivity index (χ1v) is 6.77. The molecule has 0 radical (unpaired) electrons. The summed E-state index contributed by atoms with van der Waals surface area (Å²) in [5.41, 5.74) is 1.85. The lowest BCUT2D eigenvalue weighted by Gasteiger charge is -2.06. The summed E-state index contributed by atoms with van der Waals surface area (Å²) in [4.78, 5) is 23.6. The molecule has 1 aliphatic heterocycles. The predicted octanol–water partition coefficient (Wildman–Crippen LogP) is 3.31. The quantitative estimate of drug-likeness (QED) is 0.857. The Morgan fingerprint density at radius 3 is 2.85 bits per heavy atom. The van der Waals surface area contributed by atoms with Gasteiger partial charge < -0.3 is 5.32 Å². The number of anilines is 1. The number of carbonyl (C=O) groups is 2. The second-order valence-corrected chi connectivity index (χ2v) is 5.38. The van der Waals surface area contributed by atoms with Crippen LogP contribution in [0.4, 0.5) is 10.1 Å². The van der Waals surface area contributed by atoms with Gasteiger partial charge in [-0.1, -0.05) is 6.07 Å². The summed E-state index contributed by atoms with van der Waals surface area (Å²) in [7, 11) is 0. The molecular formula is C15H9BrFNO2. The Labute approximate surface area is 122 Å². The number of hydrogen-bond donors (Lipinski definition) is 1. The van der Waals surface area contributed by atoms with Gasteiger partial charge in [0.25, 0.3) is 0 Å². The average molecular weight is 334 g/mol. The normalized spacial score (nSPS) is 13.0. The minimum absolute atomic E-state index is 0.0107. The number of benzene rings is 2. The van der Waals surface area contributed by atoms with Crippen molar-refractivity contribution in [1.29, 1.82) is 0 Å². The van der Waals surface area contributed by atoms with E-state index in [0.29, 0.717) is 11.3 Å². The van der Waals surface area contributed by atoms with Gasteiger partial charge in [-0.2, -0.15) is 0 Å². The number of amides is 1. The summed E-state index contributed by atoms with van der Waals surface area (Å²) in [6.45, 7) is 0. The Kier molecular flexibility index (Phi) is 3.14. The van der Waals surface area contributed by atoms with Crippen molar-refractivity contribution in [2.75, 3.05) is 5.32 Å². The predicted molar refractivity (Wildman–Crippen MR) is 76.3 cm³/mol. The second kappa shape index (κ2) is 4.83. The minimum atomic E-state index is -0.577. The van der Waals surface area contributed by atoms with E-state index < -0.39 is 11.6 Å². The van der Waals surface area contributed by atoms with Gasteiger partial charge in [-0.05, 0) is 51.8 Å². The molecule has 1 aliphatic rings. The van der Waals surface area contributed by atoms with Crippen LogP contribution in [0.25, 0.3) is 0 Å². The summed E-state index contributed by atoms with van der Waals surface area (Å²) in [6.07, 6.45) is 0.247. The number of hydrogen-bond acceptors (Lipinski definition) is 2. The maximum Gasteiger partial charge on any atom is 0.228 e. The number of carbonyl (C=O) groups excluding carboxylic acids is 2. The van der Waals surface area contributed by atoms with Crippen molar-refractivity contribution in [2.24, 2.45) is 0 Å². The number of ketones is 1. The van der Waals surface area contributed by atoms with Gasteiger partial charge in [0.05, 0.1) is 16.5 Å². The third-order valence-electron chi connectivity index (χ3n) is 3.19. The molecule has 0 spiro atoms. The molecular weight excluding hydrogens is 325 g/mol. The van der Waals surface area contributed by atoms with E-state index >= 15 is 0 Å². The molecule has 0 saturated heterocycles. The topological polar surface area (TPSA) is 46.2 Å². The fraction of sp³-hybridized carbons (Fsp3) is 0.0667. The smallest absolute Gasteiger partial charge is 0.228 e. The maximum absolute atomic E-state index is 13.9. The van der Waals surface area contributed by atoms with Gasteiger partial charge >= 0.3 is 0 Å². The molecule has 0 aromatic heterocycles.